The molecule has 0 amide bonds. The largest absolute Gasteiger partial charge is 0.315 e. The maximum Gasteiger partial charge on any atom is 0.262 e. The van der Waals surface area contributed by atoms with Crippen LogP contribution in [0.1, 0.15) is 4.88 Å². The summed E-state index contributed by atoms with van der Waals surface area (Å²) in [5.74, 6) is 0. The Bertz CT molecular complexity index is 680. The van der Waals surface area contributed by atoms with Crippen molar-refractivity contribution in [3.05, 3.63) is 40.6 Å². The van der Waals surface area contributed by atoms with E-state index in [0.29, 0.717) is 17.1 Å². The molecule has 4 nitrogen and oxygen atoms in total. The highest BCUT2D eigenvalue weighted by Gasteiger charge is 2.17. The number of benzene rings is 1. The Kier molecular flexibility index (Phi) is 5.09. The number of rotatable bonds is 6. The quantitative estimate of drug-likeness (QED) is 0.801. The van der Waals surface area contributed by atoms with E-state index in [1.54, 1.807) is 17.5 Å². The molecule has 1 heterocycles. The Hall–Kier alpha value is -1.02. The Morgan fingerprint density at radius 1 is 1.30 bits per heavy atom. The molecule has 0 aliphatic rings. The molecule has 0 aliphatic carbocycles. The van der Waals surface area contributed by atoms with Crippen LogP contribution in [-0.2, 0) is 16.6 Å². The van der Waals surface area contributed by atoms with Crippen LogP contribution in [0, 0.1) is 0 Å². The second kappa shape index (κ2) is 6.62. The summed E-state index contributed by atoms with van der Waals surface area (Å²) in [4.78, 5) is 2.21. The number of thioether (sulfide) groups is 1. The molecule has 2 N–H and O–H groups in total. The van der Waals surface area contributed by atoms with E-state index >= 15 is 0 Å². The fourth-order valence-corrected chi connectivity index (χ4v) is 4.69. The lowest BCUT2D eigenvalue weighted by Crippen LogP contribution is -2.12. The molecule has 0 saturated carbocycles. The minimum Gasteiger partial charge on any atom is -0.315 e. The van der Waals surface area contributed by atoms with Gasteiger partial charge in [-0.25, -0.2) is 8.42 Å². The summed E-state index contributed by atoms with van der Waals surface area (Å²) < 4.78 is 27.4. The third kappa shape index (κ3) is 3.54. The van der Waals surface area contributed by atoms with E-state index < -0.39 is 10.0 Å². The molecule has 0 spiro atoms. The molecular weight excluding hydrogens is 312 g/mol. The zero-order valence-electron chi connectivity index (χ0n) is 11.2. The molecule has 0 fully saturated rings. The van der Waals surface area contributed by atoms with Gasteiger partial charge in [0.1, 0.15) is 0 Å². The molecule has 2 rings (SSSR count). The first-order chi connectivity index (χ1) is 9.56. The number of hydrogen-bond donors (Lipinski definition) is 2. The van der Waals surface area contributed by atoms with Gasteiger partial charge in [-0.1, -0.05) is 12.1 Å². The van der Waals surface area contributed by atoms with Gasteiger partial charge >= 0.3 is 0 Å². The zero-order chi connectivity index (χ0) is 14.6. The van der Waals surface area contributed by atoms with E-state index in [9.17, 15) is 8.42 Å². The molecular formula is C13H16N2O2S3. The summed E-state index contributed by atoms with van der Waals surface area (Å²) in [5, 5.41) is 4.67. The summed E-state index contributed by atoms with van der Waals surface area (Å²) in [6.07, 6.45) is 1.92. The lowest BCUT2D eigenvalue weighted by Gasteiger charge is -2.09. The van der Waals surface area contributed by atoms with Gasteiger partial charge < -0.3 is 5.32 Å². The van der Waals surface area contributed by atoms with Crippen LogP contribution in [0.3, 0.4) is 0 Å². The van der Waals surface area contributed by atoms with Crippen LogP contribution in [0.5, 0.6) is 0 Å². The lowest BCUT2D eigenvalue weighted by atomic mass is 10.3. The molecule has 0 unspecified atom stereocenters. The predicted molar refractivity (Wildman–Crippen MR) is 86.1 cm³/mol. The minimum absolute atomic E-state index is 0.309. The molecule has 1 aromatic heterocycles. The Morgan fingerprint density at radius 3 is 2.75 bits per heavy atom. The lowest BCUT2D eigenvalue weighted by molar-refractivity contribution is 0.601. The monoisotopic (exact) mass is 328 g/mol. The average molecular weight is 328 g/mol. The number of sulfonamides is 1. The van der Waals surface area contributed by atoms with Crippen LogP contribution in [-0.4, -0.2) is 21.7 Å². The fourth-order valence-electron chi connectivity index (χ4n) is 1.70. The number of para-hydroxylation sites is 1. The molecule has 0 bridgehead atoms. The van der Waals surface area contributed by atoms with E-state index in [4.69, 9.17) is 0 Å². The Morgan fingerprint density at radius 2 is 2.05 bits per heavy atom. The van der Waals surface area contributed by atoms with E-state index in [1.807, 2.05) is 31.5 Å². The summed E-state index contributed by atoms with van der Waals surface area (Å²) in [6.45, 7) is 0.668. The SMILES string of the molecule is CNCc1cc(S(=O)(=O)Nc2ccccc2SC)cs1. The van der Waals surface area contributed by atoms with Gasteiger partial charge in [0.15, 0.2) is 0 Å². The topological polar surface area (TPSA) is 58.2 Å². The van der Waals surface area contributed by atoms with Crippen LogP contribution < -0.4 is 10.0 Å². The first kappa shape index (κ1) is 15.4. The summed E-state index contributed by atoms with van der Waals surface area (Å²) >= 11 is 2.94. The van der Waals surface area contributed by atoms with Crippen LogP contribution in [0.4, 0.5) is 5.69 Å². The first-order valence-electron chi connectivity index (χ1n) is 5.94. The first-order valence-corrected chi connectivity index (χ1v) is 9.53. The minimum atomic E-state index is -3.52. The van der Waals surface area contributed by atoms with Crippen molar-refractivity contribution in [3.8, 4) is 0 Å². The van der Waals surface area contributed by atoms with Gasteiger partial charge in [0.05, 0.1) is 10.6 Å². The Labute approximate surface area is 127 Å². The van der Waals surface area contributed by atoms with Gasteiger partial charge in [-0.15, -0.1) is 23.1 Å². The molecule has 0 radical (unpaired) electrons. The van der Waals surface area contributed by atoms with Gasteiger partial charge in [-0.3, -0.25) is 4.72 Å². The van der Waals surface area contributed by atoms with Gasteiger partial charge in [0, 0.05) is 21.7 Å². The molecule has 1 aromatic carbocycles. The zero-order valence-corrected chi connectivity index (χ0v) is 13.7. The van der Waals surface area contributed by atoms with Crippen molar-refractivity contribution in [1.82, 2.24) is 5.32 Å². The van der Waals surface area contributed by atoms with Crippen LogP contribution in [0.2, 0.25) is 0 Å². The van der Waals surface area contributed by atoms with E-state index in [-0.39, 0.29) is 0 Å². The maximum absolute atomic E-state index is 12.4. The maximum atomic E-state index is 12.4. The van der Waals surface area contributed by atoms with Crippen molar-refractivity contribution in [2.75, 3.05) is 18.0 Å². The molecule has 2 aromatic rings. The Balaban J connectivity index is 2.26. The van der Waals surface area contributed by atoms with Gasteiger partial charge in [-0.2, -0.15) is 0 Å². The van der Waals surface area contributed by atoms with Crippen molar-refractivity contribution < 1.29 is 8.42 Å². The summed E-state index contributed by atoms with van der Waals surface area (Å²) in [7, 11) is -1.69. The summed E-state index contributed by atoms with van der Waals surface area (Å²) in [6, 6.07) is 9.06. The van der Waals surface area contributed by atoms with Crippen molar-refractivity contribution in [2.45, 2.75) is 16.3 Å². The van der Waals surface area contributed by atoms with E-state index in [0.717, 1.165) is 9.77 Å². The van der Waals surface area contributed by atoms with E-state index in [1.165, 1.54) is 23.1 Å². The smallest absolute Gasteiger partial charge is 0.262 e. The molecule has 7 heteroatoms. The highest BCUT2D eigenvalue weighted by molar-refractivity contribution is 7.99. The number of hydrogen-bond acceptors (Lipinski definition) is 5. The number of nitrogens with one attached hydrogen (secondary N) is 2. The molecule has 0 saturated heterocycles. The highest BCUT2D eigenvalue weighted by Crippen LogP contribution is 2.28. The van der Waals surface area contributed by atoms with Crippen molar-refractivity contribution in [2.24, 2.45) is 0 Å². The second-order valence-electron chi connectivity index (χ2n) is 4.08. The van der Waals surface area contributed by atoms with Crippen LogP contribution in [0.25, 0.3) is 0 Å². The number of thiophene rings is 1. The van der Waals surface area contributed by atoms with Crippen LogP contribution >= 0.6 is 23.1 Å². The molecule has 0 aliphatic heterocycles. The van der Waals surface area contributed by atoms with Gasteiger partial charge in [-0.05, 0) is 31.5 Å². The predicted octanol–water partition coefficient (Wildman–Crippen LogP) is 2.99. The van der Waals surface area contributed by atoms with Crippen molar-refractivity contribution >= 4 is 38.8 Å². The standard InChI is InChI=1S/C13H16N2O2S3/c1-14-8-10-7-11(9-19-10)20(16,17)15-12-5-3-4-6-13(12)18-2/h3-7,9,14-15H,8H2,1-2H3. The third-order valence-electron chi connectivity index (χ3n) is 2.64. The van der Waals surface area contributed by atoms with Crippen molar-refractivity contribution in [3.63, 3.8) is 0 Å². The fraction of sp³-hybridized carbons (Fsp3) is 0.231. The van der Waals surface area contributed by atoms with Gasteiger partial charge in [0.2, 0.25) is 0 Å². The molecule has 0 atom stereocenters. The molecule has 20 heavy (non-hydrogen) atoms. The van der Waals surface area contributed by atoms with Crippen LogP contribution in [0.15, 0.2) is 45.5 Å². The van der Waals surface area contributed by atoms with Crippen molar-refractivity contribution in [1.29, 1.82) is 0 Å². The third-order valence-corrected chi connectivity index (χ3v) is 5.87. The second-order valence-corrected chi connectivity index (χ2v) is 7.61. The highest BCUT2D eigenvalue weighted by atomic mass is 32.2. The summed E-state index contributed by atoms with van der Waals surface area (Å²) in [5.41, 5.74) is 0.612. The van der Waals surface area contributed by atoms with Gasteiger partial charge in [0.25, 0.3) is 10.0 Å². The molecule has 108 valence electrons. The normalized spacial score (nSPS) is 11.5. The average Bonchev–Trinajstić information content (AvgIpc) is 2.89. The van der Waals surface area contributed by atoms with E-state index in [2.05, 4.69) is 10.0 Å². The number of anilines is 1.